The minimum atomic E-state index is -5.14. The number of carbonyl (C=O) groups excluding carboxylic acids is 2. The highest BCUT2D eigenvalue weighted by Gasteiger charge is 2.43. The van der Waals surface area contributed by atoms with Gasteiger partial charge < -0.3 is 5.32 Å². The van der Waals surface area contributed by atoms with Crippen molar-refractivity contribution in [2.75, 3.05) is 10.2 Å². The van der Waals surface area contributed by atoms with Gasteiger partial charge in [0, 0.05) is 20.1 Å². The van der Waals surface area contributed by atoms with Gasteiger partial charge in [0.25, 0.3) is 11.8 Å². The summed E-state index contributed by atoms with van der Waals surface area (Å²) in [6, 6.07) is 12.6. The molecule has 0 fully saturated rings. The van der Waals surface area contributed by atoms with Crippen LogP contribution in [-0.2, 0) is 6.18 Å². The smallest absolute Gasteiger partial charge is 0.320 e. The Balaban J connectivity index is 1.99. The maximum absolute atomic E-state index is 13.8. The SMILES string of the molecule is O=C(Nc1c(Br)cc(Br)cc1C(F)(F)F)c1cccc(N(C(=O)c2ccccc2)C(F)(F)F)c1. The molecule has 0 saturated heterocycles. The lowest BCUT2D eigenvalue weighted by Gasteiger charge is -2.25. The standard InChI is InChI=1S/C22H12Br2F6N2O2/c23-14-10-16(21(25,26)27)18(17(24)11-14)31-19(33)13-7-4-8-15(9-13)32(22(28,29)30)20(34)12-5-2-1-3-6-12/h1-11H,(H,31,33). The second-order valence-corrected chi connectivity index (χ2v) is 8.56. The molecule has 0 spiro atoms. The van der Waals surface area contributed by atoms with Crippen LogP contribution in [0.2, 0.25) is 0 Å². The molecule has 0 aromatic heterocycles. The van der Waals surface area contributed by atoms with Crippen molar-refractivity contribution in [2.45, 2.75) is 12.5 Å². The molecule has 0 aliphatic rings. The number of nitrogens with zero attached hydrogens (tertiary/aromatic N) is 1. The maximum atomic E-state index is 13.8. The lowest BCUT2D eigenvalue weighted by molar-refractivity contribution is -0.137. The molecule has 4 nitrogen and oxygen atoms in total. The number of nitrogens with one attached hydrogen (secondary N) is 1. The molecule has 0 heterocycles. The zero-order chi connectivity index (χ0) is 25.3. The molecule has 178 valence electrons. The van der Waals surface area contributed by atoms with E-state index in [4.69, 9.17) is 0 Å². The Labute approximate surface area is 205 Å². The van der Waals surface area contributed by atoms with Crippen LogP contribution in [0, 0.1) is 0 Å². The molecule has 0 aliphatic heterocycles. The quantitative estimate of drug-likeness (QED) is 0.244. The Morgan fingerprint density at radius 1 is 0.794 bits per heavy atom. The second kappa shape index (κ2) is 9.79. The van der Waals surface area contributed by atoms with Gasteiger partial charge in [0.2, 0.25) is 0 Å². The average Bonchev–Trinajstić information content (AvgIpc) is 2.74. The summed E-state index contributed by atoms with van der Waals surface area (Å²) in [6.45, 7) is 0. The predicted octanol–water partition coefficient (Wildman–Crippen LogP) is 7.65. The summed E-state index contributed by atoms with van der Waals surface area (Å²) >= 11 is 5.89. The van der Waals surface area contributed by atoms with Crippen LogP contribution < -0.4 is 10.2 Å². The fourth-order valence-electron chi connectivity index (χ4n) is 2.98. The molecule has 0 atom stereocenters. The summed E-state index contributed by atoms with van der Waals surface area (Å²) in [4.78, 5) is 24.8. The van der Waals surface area contributed by atoms with Gasteiger partial charge in [-0.15, -0.1) is 13.2 Å². The largest absolute Gasteiger partial charge is 0.491 e. The molecule has 2 amide bonds. The van der Waals surface area contributed by atoms with Crippen LogP contribution in [0.15, 0.2) is 75.7 Å². The molecule has 0 unspecified atom stereocenters. The summed E-state index contributed by atoms with van der Waals surface area (Å²) in [5.41, 5.74) is -3.10. The predicted molar refractivity (Wildman–Crippen MR) is 121 cm³/mol. The van der Waals surface area contributed by atoms with E-state index in [0.29, 0.717) is 0 Å². The van der Waals surface area contributed by atoms with E-state index in [9.17, 15) is 35.9 Å². The number of carbonyl (C=O) groups is 2. The fraction of sp³-hybridized carbons (Fsp3) is 0.0909. The van der Waals surface area contributed by atoms with Crippen molar-refractivity contribution in [3.63, 3.8) is 0 Å². The van der Waals surface area contributed by atoms with Gasteiger partial charge in [0.1, 0.15) is 0 Å². The van der Waals surface area contributed by atoms with E-state index in [1.54, 1.807) is 0 Å². The van der Waals surface area contributed by atoms with Crippen molar-refractivity contribution in [1.29, 1.82) is 0 Å². The first-order valence-electron chi connectivity index (χ1n) is 9.23. The first-order chi connectivity index (χ1) is 15.8. The normalized spacial score (nSPS) is 11.8. The van der Waals surface area contributed by atoms with E-state index in [1.807, 2.05) is 0 Å². The zero-order valence-corrected chi connectivity index (χ0v) is 19.8. The third-order valence-corrected chi connectivity index (χ3v) is 5.53. The number of rotatable bonds is 4. The van der Waals surface area contributed by atoms with Gasteiger partial charge in [0.05, 0.1) is 16.9 Å². The van der Waals surface area contributed by atoms with E-state index < -0.39 is 51.7 Å². The molecule has 3 rings (SSSR count). The number of amides is 2. The van der Waals surface area contributed by atoms with E-state index in [0.717, 1.165) is 30.3 Å². The first-order valence-corrected chi connectivity index (χ1v) is 10.8. The number of anilines is 2. The highest BCUT2D eigenvalue weighted by Crippen LogP contribution is 2.41. The summed E-state index contributed by atoms with van der Waals surface area (Å²) in [6.07, 6.45) is -9.97. The average molecular weight is 610 g/mol. The Hall–Kier alpha value is -2.86. The summed E-state index contributed by atoms with van der Waals surface area (Å²) in [5, 5.41) is 2.08. The molecule has 0 radical (unpaired) electrons. The molecule has 0 saturated carbocycles. The molecular weight excluding hydrogens is 598 g/mol. The molecule has 1 N–H and O–H groups in total. The van der Waals surface area contributed by atoms with Gasteiger partial charge in [-0.3, -0.25) is 9.59 Å². The van der Waals surface area contributed by atoms with Gasteiger partial charge in [0.15, 0.2) is 0 Å². The van der Waals surface area contributed by atoms with Crippen LogP contribution >= 0.6 is 31.9 Å². The Bertz CT molecular complexity index is 1230. The Kier molecular flexibility index (Phi) is 7.41. The van der Waals surface area contributed by atoms with Crippen LogP contribution in [0.3, 0.4) is 0 Å². The second-order valence-electron chi connectivity index (χ2n) is 6.79. The molecule has 12 heteroatoms. The molecule has 3 aromatic rings. The van der Waals surface area contributed by atoms with Crippen molar-refractivity contribution in [3.05, 3.63) is 92.4 Å². The Morgan fingerprint density at radius 3 is 2.00 bits per heavy atom. The first kappa shape index (κ1) is 25.8. The van der Waals surface area contributed by atoms with Crippen molar-refractivity contribution in [2.24, 2.45) is 0 Å². The van der Waals surface area contributed by atoms with Crippen LogP contribution in [0.25, 0.3) is 0 Å². The fourth-order valence-corrected chi connectivity index (χ4v) is 4.31. The van der Waals surface area contributed by atoms with Crippen LogP contribution in [0.5, 0.6) is 0 Å². The lowest BCUT2D eigenvalue weighted by Crippen LogP contribution is -2.43. The van der Waals surface area contributed by atoms with Crippen molar-refractivity contribution < 1.29 is 35.9 Å². The van der Waals surface area contributed by atoms with Crippen LogP contribution in [0.1, 0.15) is 26.3 Å². The molecular formula is C22H12Br2F6N2O2. The number of hydrogen-bond acceptors (Lipinski definition) is 2. The third kappa shape index (κ3) is 5.79. The van der Waals surface area contributed by atoms with E-state index >= 15 is 0 Å². The molecule has 0 bridgehead atoms. The lowest BCUT2D eigenvalue weighted by atomic mass is 10.1. The number of hydrogen-bond donors (Lipinski definition) is 1. The van der Waals surface area contributed by atoms with E-state index in [2.05, 4.69) is 37.2 Å². The number of benzene rings is 3. The topological polar surface area (TPSA) is 49.4 Å². The molecule has 0 aliphatic carbocycles. The summed E-state index contributed by atoms with van der Waals surface area (Å²) in [5.74, 6) is -2.50. The van der Waals surface area contributed by atoms with Crippen LogP contribution in [-0.4, -0.2) is 18.1 Å². The molecule has 34 heavy (non-hydrogen) atoms. The van der Waals surface area contributed by atoms with Gasteiger partial charge in [-0.1, -0.05) is 40.2 Å². The summed E-state index contributed by atoms with van der Waals surface area (Å²) < 4.78 is 81.6. The third-order valence-electron chi connectivity index (χ3n) is 4.44. The number of halogens is 8. The minimum absolute atomic E-state index is 0.0898. The van der Waals surface area contributed by atoms with Gasteiger partial charge in [-0.2, -0.15) is 13.2 Å². The van der Waals surface area contributed by atoms with Gasteiger partial charge >= 0.3 is 12.5 Å². The minimum Gasteiger partial charge on any atom is -0.320 e. The van der Waals surface area contributed by atoms with Crippen molar-refractivity contribution in [3.8, 4) is 0 Å². The van der Waals surface area contributed by atoms with Crippen molar-refractivity contribution in [1.82, 2.24) is 0 Å². The maximum Gasteiger partial charge on any atom is 0.491 e. The highest BCUT2D eigenvalue weighted by molar-refractivity contribution is 9.11. The van der Waals surface area contributed by atoms with Crippen LogP contribution in [0.4, 0.5) is 37.7 Å². The zero-order valence-electron chi connectivity index (χ0n) is 16.6. The summed E-state index contributed by atoms with van der Waals surface area (Å²) in [7, 11) is 0. The van der Waals surface area contributed by atoms with Gasteiger partial charge in [-0.05, 0) is 58.4 Å². The van der Waals surface area contributed by atoms with Crippen molar-refractivity contribution >= 4 is 55.0 Å². The monoisotopic (exact) mass is 608 g/mol. The van der Waals surface area contributed by atoms with E-state index in [1.165, 1.54) is 36.4 Å². The Morgan fingerprint density at radius 2 is 1.41 bits per heavy atom. The number of alkyl halides is 6. The van der Waals surface area contributed by atoms with Gasteiger partial charge in [-0.25, -0.2) is 4.90 Å². The van der Waals surface area contributed by atoms with E-state index in [-0.39, 0.29) is 14.5 Å². The highest BCUT2D eigenvalue weighted by atomic mass is 79.9. The molecule has 3 aromatic carbocycles.